The van der Waals surface area contributed by atoms with Gasteiger partial charge in [-0.05, 0) is 36.9 Å². The first-order chi connectivity index (χ1) is 8.31. The molecule has 1 saturated carbocycles. The van der Waals surface area contributed by atoms with Crippen LogP contribution in [0.4, 0.5) is 0 Å². The van der Waals surface area contributed by atoms with Gasteiger partial charge in [-0.1, -0.05) is 6.07 Å². The van der Waals surface area contributed by atoms with Crippen molar-refractivity contribution in [2.45, 2.75) is 19.3 Å². The summed E-state index contributed by atoms with van der Waals surface area (Å²) in [5, 5.41) is 3.28. The van der Waals surface area contributed by atoms with Gasteiger partial charge < -0.3 is 5.73 Å². The Bertz CT molecular complexity index is 502. The molecule has 0 saturated heterocycles. The van der Waals surface area contributed by atoms with Crippen molar-refractivity contribution in [2.24, 2.45) is 11.1 Å². The van der Waals surface area contributed by atoms with E-state index in [1.54, 1.807) is 17.5 Å². The molecule has 2 aromatic heterocycles. The molecule has 88 valence electrons. The third-order valence-corrected chi connectivity index (χ3v) is 4.24. The van der Waals surface area contributed by atoms with Gasteiger partial charge in [-0.25, -0.2) is 4.98 Å². The van der Waals surface area contributed by atoms with Crippen molar-refractivity contribution in [3.8, 4) is 11.4 Å². The van der Waals surface area contributed by atoms with Gasteiger partial charge in [-0.2, -0.15) is 0 Å². The molecule has 0 unspecified atom stereocenters. The number of hydrogen-bond acceptors (Lipinski definition) is 4. The molecule has 1 fully saturated rings. The molecule has 3 nitrogen and oxygen atoms in total. The van der Waals surface area contributed by atoms with E-state index in [0.29, 0.717) is 5.41 Å². The molecule has 2 aromatic rings. The number of hydrogen-bond donors (Lipinski definition) is 1. The molecule has 0 aromatic carbocycles. The fourth-order valence-electron chi connectivity index (χ4n) is 1.97. The van der Waals surface area contributed by atoms with E-state index in [0.717, 1.165) is 24.4 Å². The molecular weight excluding hydrogens is 230 g/mol. The highest BCUT2D eigenvalue weighted by molar-refractivity contribution is 7.09. The summed E-state index contributed by atoms with van der Waals surface area (Å²) < 4.78 is 0. The maximum absolute atomic E-state index is 5.80. The van der Waals surface area contributed by atoms with Crippen LogP contribution in [0.2, 0.25) is 0 Å². The SMILES string of the molecule is NCC1(Cc2nc(-c3ccccn3)cs2)CC1. The number of nitrogens with two attached hydrogens (primary N) is 1. The van der Waals surface area contributed by atoms with Crippen LogP contribution in [-0.2, 0) is 6.42 Å². The van der Waals surface area contributed by atoms with Gasteiger partial charge in [0.2, 0.25) is 0 Å². The highest BCUT2D eigenvalue weighted by Gasteiger charge is 2.41. The Labute approximate surface area is 105 Å². The molecular formula is C13H15N3S. The predicted octanol–water partition coefficient (Wildman–Crippen LogP) is 2.49. The molecule has 1 aliphatic rings. The minimum atomic E-state index is 0.360. The van der Waals surface area contributed by atoms with Gasteiger partial charge in [0, 0.05) is 18.0 Å². The lowest BCUT2D eigenvalue weighted by Gasteiger charge is -2.08. The minimum Gasteiger partial charge on any atom is -0.330 e. The van der Waals surface area contributed by atoms with Crippen LogP contribution in [-0.4, -0.2) is 16.5 Å². The number of rotatable bonds is 4. The Hall–Kier alpha value is -1.26. The number of pyridine rings is 1. The lowest BCUT2D eigenvalue weighted by atomic mass is 10.0. The summed E-state index contributed by atoms with van der Waals surface area (Å²) >= 11 is 1.72. The molecule has 3 rings (SSSR count). The summed E-state index contributed by atoms with van der Waals surface area (Å²) in [4.78, 5) is 8.97. The quantitative estimate of drug-likeness (QED) is 0.900. The van der Waals surface area contributed by atoms with Gasteiger partial charge in [0.05, 0.1) is 16.4 Å². The van der Waals surface area contributed by atoms with Crippen LogP contribution >= 0.6 is 11.3 Å². The Morgan fingerprint density at radius 2 is 2.18 bits per heavy atom. The molecule has 0 spiro atoms. The molecule has 2 N–H and O–H groups in total. The Balaban J connectivity index is 1.79. The topological polar surface area (TPSA) is 51.8 Å². The minimum absolute atomic E-state index is 0.360. The maximum Gasteiger partial charge on any atom is 0.0998 e. The second-order valence-corrected chi connectivity index (χ2v) is 5.67. The first-order valence-corrected chi connectivity index (χ1v) is 6.75. The van der Waals surface area contributed by atoms with Crippen molar-refractivity contribution in [1.82, 2.24) is 9.97 Å². The summed E-state index contributed by atoms with van der Waals surface area (Å²) in [6.45, 7) is 0.783. The zero-order valence-electron chi connectivity index (χ0n) is 9.60. The summed E-state index contributed by atoms with van der Waals surface area (Å²) in [5.41, 5.74) is 8.10. The lowest BCUT2D eigenvalue weighted by molar-refractivity contribution is 0.520. The first kappa shape index (κ1) is 10.9. The van der Waals surface area contributed by atoms with Crippen LogP contribution in [0.15, 0.2) is 29.8 Å². The Morgan fingerprint density at radius 3 is 2.82 bits per heavy atom. The van der Waals surface area contributed by atoms with Crippen LogP contribution in [0.5, 0.6) is 0 Å². The summed E-state index contributed by atoms with van der Waals surface area (Å²) in [6, 6.07) is 5.91. The van der Waals surface area contributed by atoms with Crippen molar-refractivity contribution in [2.75, 3.05) is 6.54 Å². The smallest absolute Gasteiger partial charge is 0.0998 e. The molecule has 2 heterocycles. The number of aromatic nitrogens is 2. The molecule has 0 aliphatic heterocycles. The predicted molar refractivity (Wildman–Crippen MR) is 69.8 cm³/mol. The van der Waals surface area contributed by atoms with Crippen molar-refractivity contribution in [3.05, 3.63) is 34.8 Å². The van der Waals surface area contributed by atoms with Gasteiger partial charge in [0.15, 0.2) is 0 Å². The Kier molecular flexibility index (Phi) is 2.68. The van der Waals surface area contributed by atoms with Crippen LogP contribution in [0.3, 0.4) is 0 Å². The third-order valence-electron chi connectivity index (χ3n) is 3.40. The second kappa shape index (κ2) is 4.20. The van der Waals surface area contributed by atoms with Gasteiger partial charge in [-0.3, -0.25) is 4.98 Å². The van der Waals surface area contributed by atoms with Crippen LogP contribution in [0.1, 0.15) is 17.8 Å². The number of thiazole rings is 1. The van der Waals surface area contributed by atoms with Crippen molar-refractivity contribution in [1.29, 1.82) is 0 Å². The zero-order chi connectivity index (χ0) is 11.7. The average molecular weight is 245 g/mol. The van der Waals surface area contributed by atoms with Crippen LogP contribution in [0.25, 0.3) is 11.4 Å². The van der Waals surface area contributed by atoms with Crippen LogP contribution in [0, 0.1) is 5.41 Å². The maximum atomic E-state index is 5.80. The fraction of sp³-hybridized carbons (Fsp3) is 0.385. The molecule has 0 atom stereocenters. The van der Waals surface area contributed by atoms with E-state index in [-0.39, 0.29) is 0 Å². The highest BCUT2D eigenvalue weighted by atomic mass is 32.1. The van der Waals surface area contributed by atoms with E-state index >= 15 is 0 Å². The third kappa shape index (κ3) is 2.23. The molecule has 4 heteroatoms. The summed E-state index contributed by atoms with van der Waals surface area (Å²) in [6.07, 6.45) is 5.33. The summed E-state index contributed by atoms with van der Waals surface area (Å²) in [5.74, 6) is 0. The van der Waals surface area contributed by atoms with Crippen LogP contribution < -0.4 is 5.73 Å². The van der Waals surface area contributed by atoms with Crippen molar-refractivity contribution < 1.29 is 0 Å². The van der Waals surface area contributed by atoms with Gasteiger partial charge in [-0.15, -0.1) is 11.3 Å². The van der Waals surface area contributed by atoms with E-state index < -0.39 is 0 Å². The normalized spacial score (nSPS) is 17.0. The van der Waals surface area contributed by atoms with E-state index in [1.807, 2.05) is 18.2 Å². The highest BCUT2D eigenvalue weighted by Crippen LogP contribution is 2.47. The van der Waals surface area contributed by atoms with E-state index in [2.05, 4.69) is 15.3 Å². The van der Waals surface area contributed by atoms with E-state index in [4.69, 9.17) is 5.73 Å². The van der Waals surface area contributed by atoms with E-state index in [1.165, 1.54) is 17.8 Å². The van der Waals surface area contributed by atoms with Crippen molar-refractivity contribution >= 4 is 11.3 Å². The Morgan fingerprint density at radius 1 is 1.29 bits per heavy atom. The molecule has 1 aliphatic carbocycles. The zero-order valence-corrected chi connectivity index (χ0v) is 10.4. The largest absolute Gasteiger partial charge is 0.330 e. The molecule has 0 amide bonds. The standard InChI is InChI=1S/C13H15N3S/c14-9-13(4-5-13)7-12-16-11(8-17-12)10-3-1-2-6-15-10/h1-3,6,8H,4-5,7,9,14H2. The van der Waals surface area contributed by atoms with Gasteiger partial charge >= 0.3 is 0 Å². The fourth-order valence-corrected chi connectivity index (χ4v) is 2.94. The van der Waals surface area contributed by atoms with Gasteiger partial charge in [0.25, 0.3) is 0 Å². The summed E-state index contributed by atoms with van der Waals surface area (Å²) in [7, 11) is 0. The second-order valence-electron chi connectivity index (χ2n) is 4.72. The molecule has 0 radical (unpaired) electrons. The molecule has 17 heavy (non-hydrogen) atoms. The van der Waals surface area contributed by atoms with Crippen molar-refractivity contribution in [3.63, 3.8) is 0 Å². The monoisotopic (exact) mass is 245 g/mol. The van der Waals surface area contributed by atoms with Gasteiger partial charge in [0.1, 0.15) is 0 Å². The molecule has 0 bridgehead atoms. The lowest BCUT2D eigenvalue weighted by Crippen LogP contribution is -2.17. The number of nitrogens with zero attached hydrogens (tertiary/aromatic N) is 2. The average Bonchev–Trinajstić information content (AvgIpc) is 3.00. The first-order valence-electron chi connectivity index (χ1n) is 5.87. The van der Waals surface area contributed by atoms with E-state index in [9.17, 15) is 0 Å².